The van der Waals surface area contributed by atoms with Crippen LogP contribution in [0.4, 0.5) is 0 Å². The van der Waals surface area contributed by atoms with E-state index < -0.39 is 5.97 Å². The van der Waals surface area contributed by atoms with E-state index in [0.717, 1.165) is 38.6 Å². The molecular weight excluding hydrogens is 280 g/mol. The number of fused-ring (bicyclic) bond motifs is 1. The summed E-state index contributed by atoms with van der Waals surface area (Å²) < 4.78 is 0. The third-order valence-electron chi connectivity index (χ3n) is 2.80. The lowest BCUT2D eigenvalue weighted by Crippen LogP contribution is -1.94. The minimum atomic E-state index is -0.908. The molecule has 0 radical (unpaired) electrons. The largest absolute Gasteiger partial charge is 0.477 e. The van der Waals surface area contributed by atoms with Gasteiger partial charge in [0.05, 0.1) is 0 Å². The Kier molecular flexibility index (Phi) is 4.21. The lowest BCUT2D eigenvalue weighted by atomic mass is 10.2. The highest BCUT2D eigenvalue weighted by Crippen LogP contribution is 2.35. The Morgan fingerprint density at radius 2 is 2.26 bits per heavy atom. The molecule has 1 N–H and O–H groups in total. The first-order valence-electron chi connectivity index (χ1n) is 5.81. The fraction of sp³-hybridized carbons (Fsp3) is 0.308. The van der Waals surface area contributed by atoms with Crippen LogP contribution in [0.15, 0.2) is 23.5 Å². The molecule has 0 aliphatic rings. The first-order chi connectivity index (χ1) is 9.04. The van der Waals surface area contributed by atoms with E-state index in [9.17, 15) is 4.79 Å². The van der Waals surface area contributed by atoms with E-state index in [4.69, 9.17) is 5.11 Å². The molecule has 0 aliphatic carbocycles. The molecule has 6 heteroatoms. The summed E-state index contributed by atoms with van der Waals surface area (Å²) in [4.78, 5) is 20.7. The number of carboxylic acid groups (broad SMARTS) is 1. The van der Waals surface area contributed by atoms with Crippen molar-refractivity contribution in [1.29, 1.82) is 0 Å². The first kappa shape index (κ1) is 14.0. The Bertz CT molecular complexity index is 649. The molecular formula is C13H14N2O2S2. The zero-order valence-electron chi connectivity index (χ0n) is 10.8. The summed E-state index contributed by atoms with van der Waals surface area (Å²) >= 11 is 2.78. The van der Waals surface area contributed by atoms with E-state index in [2.05, 4.69) is 23.5 Å². The van der Waals surface area contributed by atoms with E-state index in [-0.39, 0.29) is 0 Å². The second-order valence-electron chi connectivity index (χ2n) is 4.11. The molecule has 2 heterocycles. The van der Waals surface area contributed by atoms with Gasteiger partial charge in [-0.1, -0.05) is 19.1 Å². The second-order valence-corrected chi connectivity index (χ2v) is 6.08. The fourth-order valence-electron chi connectivity index (χ4n) is 1.63. The van der Waals surface area contributed by atoms with Gasteiger partial charge in [0.2, 0.25) is 0 Å². The van der Waals surface area contributed by atoms with Crippen molar-refractivity contribution in [1.82, 2.24) is 9.97 Å². The molecule has 0 saturated carbocycles. The number of nitrogens with zero attached hydrogens (tertiary/aromatic N) is 2. The maximum atomic E-state index is 11.2. The number of hydrogen-bond acceptors (Lipinski definition) is 5. The molecule has 2 rings (SSSR count). The van der Waals surface area contributed by atoms with Crippen molar-refractivity contribution in [2.24, 2.45) is 0 Å². The number of hydrogen-bond donors (Lipinski definition) is 1. The smallest absolute Gasteiger partial charge is 0.346 e. The molecule has 0 fully saturated rings. The minimum absolute atomic E-state index is 0.340. The van der Waals surface area contributed by atoms with Crippen molar-refractivity contribution in [3.8, 4) is 0 Å². The maximum Gasteiger partial charge on any atom is 0.346 e. The average Bonchev–Trinajstić information content (AvgIpc) is 2.74. The molecule has 19 heavy (non-hydrogen) atoms. The predicted molar refractivity (Wildman–Crippen MR) is 79.3 cm³/mol. The van der Waals surface area contributed by atoms with Gasteiger partial charge in [-0.05, 0) is 18.9 Å². The number of aromatic nitrogens is 2. The Morgan fingerprint density at radius 3 is 2.89 bits per heavy atom. The highest BCUT2D eigenvalue weighted by Gasteiger charge is 2.18. The summed E-state index contributed by atoms with van der Waals surface area (Å²) in [6, 6.07) is 0. The lowest BCUT2D eigenvalue weighted by molar-refractivity contribution is 0.0701. The summed E-state index contributed by atoms with van der Waals surface area (Å²) in [5, 5.41) is 10.8. The molecule has 2 aromatic heterocycles. The summed E-state index contributed by atoms with van der Waals surface area (Å²) in [6.07, 6.45) is 2.42. The van der Waals surface area contributed by atoms with Crippen molar-refractivity contribution < 1.29 is 9.90 Å². The fourth-order valence-corrected chi connectivity index (χ4v) is 3.74. The molecule has 4 nitrogen and oxygen atoms in total. The Labute approximate surface area is 119 Å². The molecule has 0 aromatic carbocycles. The number of thiophene rings is 1. The summed E-state index contributed by atoms with van der Waals surface area (Å²) in [7, 11) is 0. The van der Waals surface area contributed by atoms with Gasteiger partial charge in [-0.25, -0.2) is 14.8 Å². The van der Waals surface area contributed by atoms with E-state index in [0.29, 0.717) is 4.88 Å². The van der Waals surface area contributed by atoms with Gasteiger partial charge in [-0.2, -0.15) is 0 Å². The number of carbonyl (C=O) groups is 1. The van der Waals surface area contributed by atoms with Crippen molar-refractivity contribution >= 4 is 39.3 Å². The van der Waals surface area contributed by atoms with Crippen LogP contribution in [0.2, 0.25) is 0 Å². The highest BCUT2D eigenvalue weighted by atomic mass is 32.2. The van der Waals surface area contributed by atoms with Gasteiger partial charge in [0.15, 0.2) is 0 Å². The number of aryl methyl sites for hydroxylation is 1. The van der Waals surface area contributed by atoms with E-state index in [1.165, 1.54) is 17.7 Å². The Balaban J connectivity index is 2.44. The van der Waals surface area contributed by atoms with Crippen LogP contribution in [-0.2, 0) is 0 Å². The van der Waals surface area contributed by atoms with Crippen LogP contribution in [-0.4, -0.2) is 26.8 Å². The zero-order valence-corrected chi connectivity index (χ0v) is 12.4. The van der Waals surface area contributed by atoms with Gasteiger partial charge < -0.3 is 5.11 Å². The van der Waals surface area contributed by atoms with E-state index >= 15 is 0 Å². The molecule has 0 unspecified atom stereocenters. The molecule has 0 atom stereocenters. The Hall–Kier alpha value is -1.40. The number of carboxylic acids is 1. The van der Waals surface area contributed by atoms with Gasteiger partial charge in [0.1, 0.15) is 21.1 Å². The minimum Gasteiger partial charge on any atom is -0.477 e. The molecule has 0 amide bonds. The Morgan fingerprint density at radius 1 is 1.53 bits per heavy atom. The van der Waals surface area contributed by atoms with Crippen molar-refractivity contribution in [3.05, 3.63) is 28.9 Å². The normalized spacial score (nSPS) is 10.8. The van der Waals surface area contributed by atoms with Gasteiger partial charge >= 0.3 is 5.97 Å². The van der Waals surface area contributed by atoms with Crippen LogP contribution in [0.25, 0.3) is 10.2 Å². The number of aromatic carboxylic acids is 1. The SMILES string of the molecule is C=C(CC)CSc1ncnc2sc(C(=O)O)c(C)c12. The standard InChI is InChI=1S/C13H14N2O2S2/c1-4-7(2)5-18-11-9-8(3)10(13(16)17)19-12(9)15-6-14-11/h6H,2,4-5H2,1,3H3,(H,16,17). The predicted octanol–water partition coefficient (Wildman–Crippen LogP) is 3.76. The third-order valence-corrected chi connectivity index (χ3v) is 5.12. The molecule has 0 bridgehead atoms. The molecule has 0 aliphatic heterocycles. The lowest BCUT2D eigenvalue weighted by Gasteiger charge is -2.04. The summed E-state index contributed by atoms with van der Waals surface area (Å²) in [5.41, 5.74) is 1.89. The van der Waals surface area contributed by atoms with E-state index in [1.807, 2.05) is 6.92 Å². The molecule has 0 saturated heterocycles. The topological polar surface area (TPSA) is 63.1 Å². The highest BCUT2D eigenvalue weighted by molar-refractivity contribution is 7.99. The van der Waals surface area contributed by atoms with Crippen molar-refractivity contribution in [2.75, 3.05) is 5.75 Å². The van der Waals surface area contributed by atoms with Crippen molar-refractivity contribution in [3.63, 3.8) is 0 Å². The number of thioether (sulfide) groups is 1. The summed E-state index contributed by atoms with van der Waals surface area (Å²) in [5.74, 6) is -0.116. The second kappa shape index (κ2) is 5.71. The van der Waals surface area contributed by atoms with Crippen LogP contribution >= 0.6 is 23.1 Å². The monoisotopic (exact) mass is 294 g/mol. The van der Waals surface area contributed by atoms with Gasteiger partial charge in [0.25, 0.3) is 0 Å². The van der Waals surface area contributed by atoms with E-state index in [1.54, 1.807) is 11.8 Å². The van der Waals surface area contributed by atoms with Gasteiger partial charge in [-0.15, -0.1) is 23.1 Å². The quantitative estimate of drug-likeness (QED) is 0.517. The zero-order chi connectivity index (χ0) is 14.0. The van der Waals surface area contributed by atoms with Crippen LogP contribution < -0.4 is 0 Å². The average molecular weight is 294 g/mol. The summed E-state index contributed by atoms with van der Waals surface area (Å²) in [6.45, 7) is 7.84. The first-order valence-corrected chi connectivity index (χ1v) is 7.61. The van der Waals surface area contributed by atoms with Crippen LogP contribution in [0.5, 0.6) is 0 Å². The van der Waals surface area contributed by atoms with Gasteiger partial charge in [0, 0.05) is 11.1 Å². The molecule has 0 spiro atoms. The molecule has 100 valence electrons. The van der Waals surface area contributed by atoms with Crippen molar-refractivity contribution in [2.45, 2.75) is 25.3 Å². The molecule has 2 aromatic rings. The van der Waals surface area contributed by atoms with Crippen LogP contribution in [0, 0.1) is 6.92 Å². The van der Waals surface area contributed by atoms with Gasteiger partial charge in [-0.3, -0.25) is 0 Å². The maximum absolute atomic E-state index is 11.2. The van der Waals surface area contributed by atoms with Crippen LogP contribution in [0.1, 0.15) is 28.6 Å². The third kappa shape index (κ3) is 2.79. The number of rotatable bonds is 5. The van der Waals surface area contributed by atoms with Crippen LogP contribution in [0.3, 0.4) is 0 Å².